The van der Waals surface area contributed by atoms with Crippen LogP contribution in [-0.4, -0.2) is 12.5 Å². The van der Waals surface area contributed by atoms with Crippen LogP contribution in [0, 0.1) is 0 Å². The van der Waals surface area contributed by atoms with Crippen molar-refractivity contribution in [3.8, 4) is 0 Å². The molecule has 0 aliphatic carbocycles. The lowest BCUT2D eigenvalue weighted by atomic mass is 10.2. The Morgan fingerprint density at radius 2 is 2.27 bits per heavy atom. The molecule has 0 saturated carbocycles. The highest BCUT2D eigenvalue weighted by molar-refractivity contribution is 5.96. The number of fused-ring (bicyclic) bond motifs is 1. The molecule has 2 rings (SSSR count). The second-order valence-corrected chi connectivity index (χ2v) is 3.15. The molecule has 0 atom stereocenters. The lowest BCUT2D eigenvalue weighted by Gasteiger charge is -1.96. The monoisotopic (exact) mass is 201 g/mol. The van der Waals surface area contributed by atoms with E-state index in [2.05, 4.69) is 11.9 Å². The van der Waals surface area contributed by atoms with Crippen LogP contribution in [0.3, 0.4) is 0 Å². The van der Waals surface area contributed by atoms with Gasteiger partial charge in [0, 0.05) is 11.9 Å². The Balaban J connectivity index is 2.28. The molecule has 1 N–H and O–H groups in total. The van der Waals surface area contributed by atoms with Crippen LogP contribution in [0.5, 0.6) is 0 Å². The minimum Gasteiger partial charge on any atom is -0.451 e. The predicted molar refractivity (Wildman–Crippen MR) is 58.7 cm³/mol. The lowest BCUT2D eigenvalue weighted by molar-refractivity contribution is 0.0932. The summed E-state index contributed by atoms with van der Waals surface area (Å²) in [5.74, 6) is 0.115. The van der Waals surface area contributed by atoms with Gasteiger partial charge in [-0.3, -0.25) is 4.79 Å². The van der Waals surface area contributed by atoms with Crippen LogP contribution >= 0.6 is 0 Å². The standard InChI is InChI=1S/C12H11NO2/c1-2-7-13-12(14)11-8-9-5-3-4-6-10(9)15-11/h2-6,8H,1,7H2,(H,13,14). The van der Waals surface area contributed by atoms with Gasteiger partial charge in [0.2, 0.25) is 0 Å². The summed E-state index contributed by atoms with van der Waals surface area (Å²) in [4.78, 5) is 11.5. The highest BCUT2D eigenvalue weighted by Gasteiger charge is 2.10. The van der Waals surface area contributed by atoms with Gasteiger partial charge in [0.25, 0.3) is 5.91 Å². The lowest BCUT2D eigenvalue weighted by Crippen LogP contribution is -2.22. The zero-order valence-electron chi connectivity index (χ0n) is 8.19. The average molecular weight is 201 g/mol. The highest BCUT2D eigenvalue weighted by atomic mass is 16.3. The summed E-state index contributed by atoms with van der Waals surface area (Å²) in [7, 11) is 0. The molecule has 0 aliphatic rings. The van der Waals surface area contributed by atoms with Gasteiger partial charge in [-0.15, -0.1) is 6.58 Å². The maximum atomic E-state index is 11.5. The summed E-state index contributed by atoms with van der Waals surface area (Å²) in [6, 6.07) is 9.25. The maximum absolute atomic E-state index is 11.5. The van der Waals surface area contributed by atoms with Crippen molar-refractivity contribution in [3.63, 3.8) is 0 Å². The van der Waals surface area contributed by atoms with Crippen molar-refractivity contribution in [2.75, 3.05) is 6.54 Å². The third-order valence-corrected chi connectivity index (χ3v) is 2.06. The van der Waals surface area contributed by atoms with Crippen LogP contribution in [0.15, 0.2) is 47.4 Å². The number of hydrogen-bond donors (Lipinski definition) is 1. The molecule has 2 aromatic rings. The van der Waals surface area contributed by atoms with Crippen LogP contribution in [0.4, 0.5) is 0 Å². The molecule has 3 nitrogen and oxygen atoms in total. The number of hydrogen-bond acceptors (Lipinski definition) is 2. The number of carbonyl (C=O) groups is 1. The normalized spacial score (nSPS) is 10.1. The highest BCUT2D eigenvalue weighted by Crippen LogP contribution is 2.18. The van der Waals surface area contributed by atoms with Crippen molar-refractivity contribution in [2.24, 2.45) is 0 Å². The van der Waals surface area contributed by atoms with Gasteiger partial charge in [-0.1, -0.05) is 24.3 Å². The van der Waals surface area contributed by atoms with Gasteiger partial charge >= 0.3 is 0 Å². The van der Waals surface area contributed by atoms with Crippen molar-refractivity contribution < 1.29 is 9.21 Å². The molecule has 1 heterocycles. The van der Waals surface area contributed by atoms with Crippen molar-refractivity contribution in [3.05, 3.63) is 48.7 Å². The molecule has 0 saturated heterocycles. The first-order valence-corrected chi connectivity index (χ1v) is 4.69. The molecular weight excluding hydrogens is 190 g/mol. The molecule has 0 bridgehead atoms. The fraction of sp³-hybridized carbons (Fsp3) is 0.0833. The Hall–Kier alpha value is -2.03. The minimum absolute atomic E-state index is 0.217. The van der Waals surface area contributed by atoms with Crippen molar-refractivity contribution in [1.82, 2.24) is 5.32 Å². The van der Waals surface area contributed by atoms with Crippen molar-refractivity contribution >= 4 is 16.9 Å². The van der Waals surface area contributed by atoms with Crippen LogP contribution in [0.2, 0.25) is 0 Å². The summed E-state index contributed by atoms with van der Waals surface area (Å²) in [5.41, 5.74) is 0.723. The van der Waals surface area contributed by atoms with Gasteiger partial charge < -0.3 is 9.73 Å². The van der Waals surface area contributed by atoms with E-state index in [9.17, 15) is 4.79 Å². The summed E-state index contributed by atoms with van der Waals surface area (Å²) >= 11 is 0. The van der Waals surface area contributed by atoms with Crippen molar-refractivity contribution in [1.29, 1.82) is 0 Å². The molecule has 0 unspecified atom stereocenters. The number of rotatable bonds is 3. The van der Waals surface area contributed by atoms with Gasteiger partial charge in [0.15, 0.2) is 5.76 Å². The van der Waals surface area contributed by atoms with E-state index in [1.165, 1.54) is 0 Å². The molecule has 0 aliphatic heterocycles. The van der Waals surface area contributed by atoms with E-state index in [-0.39, 0.29) is 5.91 Å². The molecule has 76 valence electrons. The Morgan fingerprint density at radius 1 is 1.47 bits per heavy atom. The Kier molecular flexibility index (Phi) is 2.54. The van der Waals surface area contributed by atoms with Gasteiger partial charge in [-0.05, 0) is 12.1 Å². The van der Waals surface area contributed by atoms with Crippen LogP contribution < -0.4 is 5.32 Å². The first-order valence-electron chi connectivity index (χ1n) is 4.69. The predicted octanol–water partition coefficient (Wildman–Crippen LogP) is 2.35. The molecule has 15 heavy (non-hydrogen) atoms. The molecule has 0 radical (unpaired) electrons. The summed E-state index contributed by atoms with van der Waals surface area (Å²) in [5, 5.41) is 3.59. The smallest absolute Gasteiger partial charge is 0.287 e. The Morgan fingerprint density at radius 3 is 3.00 bits per heavy atom. The average Bonchev–Trinajstić information content (AvgIpc) is 2.69. The fourth-order valence-corrected chi connectivity index (χ4v) is 1.35. The van der Waals surface area contributed by atoms with Crippen LogP contribution in [-0.2, 0) is 0 Å². The number of furan rings is 1. The topological polar surface area (TPSA) is 42.2 Å². The van der Waals surface area contributed by atoms with E-state index in [0.717, 1.165) is 11.0 Å². The number of amides is 1. The zero-order chi connectivity index (χ0) is 10.7. The number of nitrogens with one attached hydrogen (secondary N) is 1. The molecule has 1 aromatic heterocycles. The second kappa shape index (κ2) is 4.00. The van der Waals surface area contributed by atoms with E-state index in [1.54, 1.807) is 12.1 Å². The van der Waals surface area contributed by atoms with E-state index in [4.69, 9.17) is 4.42 Å². The van der Waals surface area contributed by atoms with Gasteiger partial charge in [-0.25, -0.2) is 0 Å². The summed E-state index contributed by atoms with van der Waals surface area (Å²) in [6.45, 7) is 3.96. The van der Waals surface area contributed by atoms with E-state index in [1.807, 2.05) is 24.3 Å². The van der Waals surface area contributed by atoms with E-state index >= 15 is 0 Å². The number of carbonyl (C=O) groups excluding carboxylic acids is 1. The first kappa shape index (κ1) is 9.52. The quantitative estimate of drug-likeness (QED) is 0.774. The van der Waals surface area contributed by atoms with Gasteiger partial charge in [0.1, 0.15) is 5.58 Å². The molecular formula is C12H11NO2. The van der Waals surface area contributed by atoms with Crippen LogP contribution in [0.25, 0.3) is 11.0 Å². The summed E-state index contributed by atoms with van der Waals surface area (Å²) in [6.07, 6.45) is 1.63. The first-order chi connectivity index (χ1) is 7.31. The van der Waals surface area contributed by atoms with Gasteiger partial charge in [-0.2, -0.15) is 0 Å². The van der Waals surface area contributed by atoms with Gasteiger partial charge in [0.05, 0.1) is 0 Å². The third kappa shape index (κ3) is 1.91. The Bertz CT molecular complexity index is 466. The molecule has 3 heteroatoms. The summed E-state index contributed by atoms with van der Waals surface area (Å²) < 4.78 is 5.38. The number of para-hydroxylation sites is 1. The maximum Gasteiger partial charge on any atom is 0.287 e. The second-order valence-electron chi connectivity index (χ2n) is 3.15. The van der Waals surface area contributed by atoms with E-state index < -0.39 is 0 Å². The van der Waals surface area contributed by atoms with Crippen molar-refractivity contribution in [2.45, 2.75) is 0 Å². The number of benzene rings is 1. The minimum atomic E-state index is -0.217. The van der Waals surface area contributed by atoms with E-state index in [0.29, 0.717) is 12.3 Å². The molecule has 0 spiro atoms. The molecule has 1 aromatic carbocycles. The van der Waals surface area contributed by atoms with Crippen LogP contribution in [0.1, 0.15) is 10.6 Å². The molecule has 0 fully saturated rings. The largest absolute Gasteiger partial charge is 0.451 e. The third-order valence-electron chi connectivity index (χ3n) is 2.06. The molecule has 1 amide bonds. The fourth-order valence-electron chi connectivity index (χ4n) is 1.35. The SMILES string of the molecule is C=CCNC(=O)c1cc2ccccc2o1. The zero-order valence-corrected chi connectivity index (χ0v) is 8.19. The Labute approximate surface area is 87.4 Å².